The number of carbonyl (C=O) groups excluding carboxylic acids is 1. The standard InChI is InChI=1S/C16H19F2N3O/c1-2-21-13-6-4-3-5-12(13)20-14(21)7-8-19-15(22)9-11-10-16(11,17)18/h3-6,11H,2,7-10H2,1H3,(H,19,22)/t11-/m1/s1. The molecule has 0 spiro atoms. The molecular formula is C16H19F2N3O. The molecule has 1 N–H and O–H groups in total. The molecule has 1 atom stereocenters. The Labute approximate surface area is 127 Å². The van der Waals surface area contributed by atoms with Crippen LogP contribution in [-0.4, -0.2) is 27.9 Å². The van der Waals surface area contributed by atoms with Crippen LogP contribution in [0.3, 0.4) is 0 Å². The van der Waals surface area contributed by atoms with Gasteiger partial charge < -0.3 is 9.88 Å². The molecule has 0 unspecified atom stereocenters. The number of nitrogens with one attached hydrogen (secondary N) is 1. The number of rotatable bonds is 6. The van der Waals surface area contributed by atoms with Gasteiger partial charge in [0, 0.05) is 38.3 Å². The highest BCUT2D eigenvalue weighted by atomic mass is 19.3. The van der Waals surface area contributed by atoms with E-state index in [4.69, 9.17) is 0 Å². The van der Waals surface area contributed by atoms with E-state index in [0.717, 1.165) is 23.4 Å². The minimum Gasteiger partial charge on any atom is -0.356 e. The first-order chi connectivity index (χ1) is 10.5. The summed E-state index contributed by atoms with van der Waals surface area (Å²) in [5.74, 6) is -2.80. The largest absolute Gasteiger partial charge is 0.356 e. The van der Waals surface area contributed by atoms with Gasteiger partial charge in [-0.3, -0.25) is 4.79 Å². The zero-order valence-corrected chi connectivity index (χ0v) is 12.5. The Balaban J connectivity index is 1.56. The lowest BCUT2D eigenvalue weighted by atomic mass is 10.2. The second kappa shape index (κ2) is 5.66. The number of amides is 1. The fraction of sp³-hybridized carbons (Fsp3) is 0.500. The summed E-state index contributed by atoms with van der Waals surface area (Å²) < 4.78 is 27.6. The van der Waals surface area contributed by atoms with E-state index < -0.39 is 11.8 Å². The van der Waals surface area contributed by atoms with Crippen LogP contribution in [0.1, 0.15) is 25.6 Å². The first-order valence-corrected chi connectivity index (χ1v) is 7.60. The lowest BCUT2D eigenvalue weighted by molar-refractivity contribution is -0.122. The monoisotopic (exact) mass is 307 g/mol. The second-order valence-corrected chi connectivity index (χ2v) is 5.73. The highest BCUT2D eigenvalue weighted by Crippen LogP contribution is 2.50. The fourth-order valence-corrected chi connectivity index (χ4v) is 2.77. The van der Waals surface area contributed by atoms with Crippen LogP contribution in [0.4, 0.5) is 8.78 Å². The first-order valence-electron chi connectivity index (χ1n) is 7.60. The molecule has 1 amide bonds. The molecule has 6 heteroatoms. The van der Waals surface area contributed by atoms with Crippen LogP contribution in [-0.2, 0) is 17.8 Å². The smallest absolute Gasteiger partial charge is 0.252 e. The number of halogens is 2. The lowest BCUT2D eigenvalue weighted by Crippen LogP contribution is -2.27. The minimum atomic E-state index is -2.63. The molecule has 0 bridgehead atoms. The number of alkyl halides is 2. The van der Waals surface area contributed by atoms with Gasteiger partial charge in [-0.25, -0.2) is 13.8 Å². The number of aromatic nitrogens is 2. The topological polar surface area (TPSA) is 46.9 Å². The van der Waals surface area contributed by atoms with Crippen molar-refractivity contribution in [1.82, 2.24) is 14.9 Å². The maximum absolute atomic E-state index is 12.8. The molecule has 0 saturated heterocycles. The van der Waals surface area contributed by atoms with Gasteiger partial charge in [-0.2, -0.15) is 0 Å². The summed E-state index contributed by atoms with van der Waals surface area (Å²) in [5.41, 5.74) is 2.01. The minimum absolute atomic E-state index is 0.0861. The van der Waals surface area contributed by atoms with Crippen LogP contribution in [0.2, 0.25) is 0 Å². The summed E-state index contributed by atoms with van der Waals surface area (Å²) in [7, 11) is 0. The number of benzene rings is 1. The van der Waals surface area contributed by atoms with E-state index in [-0.39, 0.29) is 18.7 Å². The van der Waals surface area contributed by atoms with Crippen molar-refractivity contribution in [3.63, 3.8) is 0 Å². The molecule has 3 rings (SSSR count). The molecule has 1 fully saturated rings. The normalized spacial score (nSPS) is 19.3. The van der Waals surface area contributed by atoms with E-state index >= 15 is 0 Å². The average molecular weight is 307 g/mol. The Morgan fingerprint density at radius 2 is 2.18 bits per heavy atom. The van der Waals surface area contributed by atoms with Crippen LogP contribution in [0, 0.1) is 5.92 Å². The van der Waals surface area contributed by atoms with Crippen molar-refractivity contribution in [2.75, 3.05) is 6.54 Å². The fourth-order valence-electron chi connectivity index (χ4n) is 2.77. The number of imidazole rings is 1. The van der Waals surface area contributed by atoms with Crippen molar-refractivity contribution in [2.45, 2.75) is 38.7 Å². The first kappa shape index (κ1) is 14.9. The maximum atomic E-state index is 12.8. The number of fused-ring (bicyclic) bond motifs is 1. The predicted molar refractivity (Wildman–Crippen MR) is 79.8 cm³/mol. The average Bonchev–Trinajstić information content (AvgIpc) is 2.93. The number of aryl methyl sites for hydroxylation is 1. The van der Waals surface area contributed by atoms with Crippen molar-refractivity contribution in [1.29, 1.82) is 0 Å². The van der Waals surface area contributed by atoms with Gasteiger partial charge in [0.15, 0.2) is 0 Å². The molecule has 0 radical (unpaired) electrons. The number of hydrogen-bond donors (Lipinski definition) is 1. The molecular weight excluding hydrogens is 288 g/mol. The molecule has 1 heterocycles. The van der Waals surface area contributed by atoms with Gasteiger partial charge in [-0.05, 0) is 19.1 Å². The highest BCUT2D eigenvalue weighted by molar-refractivity contribution is 5.77. The van der Waals surface area contributed by atoms with Gasteiger partial charge in [0.1, 0.15) is 5.82 Å². The van der Waals surface area contributed by atoms with Crippen LogP contribution in [0.5, 0.6) is 0 Å². The molecule has 1 saturated carbocycles. The Kier molecular flexibility index (Phi) is 3.85. The van der Waals surface area contributed by atoms with E-state index in [2.05, 4.69) is 14.9 Å². The highest BCUT2D eigenvalue weighted by Gasteiger charge is 2.57. The molecule has 0 aliphatic heterocycles. The van der Waals surface area contributed by atoms with Crippen molar-refractivity contribution in [2.24, 2.45) is 5.92 Å². The van der Waals surface area contributed by atoms with Crippen LogP contribution >= 0.6 is 0 Å². The summed E-state index contributed by atoms with van der Waals surface area (Å²) in [4.78, 5) is 16.2. The molecule has 22 heavy (non-hydrogen) atoms. The van der Waals surface area contributed by atoms with Gasteiger partial charge in [0.25, 0.3) is 5.92 Å². The van der Waals surface area contributed by atoms with Crippen molar-refractivity contribution in [3.8, 4) is 0 Å². The molecule has 4 nitrogen and oxygen atoms in total. The van der Waals surface area contributed by atoms with Gasteiger partial charge in [-0.15, -0.1) is 0 Å². The lowest BCUT2D eigenvalue weighted by Gasteiger charge is -2.07. The molecule has 1 aromatic heterocycles. The van der Waals surface area contributed by atoms with Crippen LogP contribution in [0.25, 0.3) is 11.0 Å². The molecule has 1 aliphatic carbocycles. The van der Waals surface area contributed by atoms with Crippen molar-refractivity contribution >= 4 is 16.9 Å². The number of hydrogen-bond acceptors (Lipinski definition) is 2. The Hall–Kier alpha value is -1.98. The number of para-hydroxylation sites is 2. The van der Waals surface area contributed by atoms with Gasteiger partial charge in [0.2, 0.25) is 5.91 Å². The van der Waals surface area contributed by atoms with Gasteiger partial charge in [0.05, 0.1) is 11.0 Å². The van der Waals surface area contributed by atoms with E-state index in [0.29, 0.717) is 13.0 Å². The summed E-state index contributed by atoms with van der Waals surface area (Å²) in [5, 5.41) is 2.71. The quantitative estimate of drug-likeness (QED) is 0.892. The number of nitrogens with zero attached hydrogens (tertiary/aromatic N) is 2. The Morgan fingerprint density at radius 3 is 2.86 bits per heavy atom. The summed E-state index contributed by atoms with van der Waals surface area (Å²) in [6, 6.07) is 7.89. The Morgan fingerprint density at radius 1 is 1.45 bits per heavy atom. The summed E-state index contributed by atoms with van der Waals surface area (Å²) >= 11 is 0. The molecule has 118 valence electrons. The molecule has 1 aliphatic rings. The molecule has 1 aromatic carbocycles. The maximum Gasteiger partial charge on any atom is 0.252 e. The third-order valence-corrected chi connectivity index (χ3v) is 4.11. The van der Waals surface area contributed by atoms with Gasteiger partial charge in [-0.1, -0.05) is 12.1 Å². The zero-order chi connectivity index (χ0) is 15.7. The van der Waals surface area contributed by atoms with E-state index in [1.807, 2.05) is 31.2 Å². The van der Waals surface area contributed by atoms with E-state index in [1.54, 1.807) is 0 Å². The van der Waals surface area contributed by atoms with Crippen LogP contribution < -0.4 is 5.32 Å². The van der Waals surface area contributed by atoms with E-state index in [9.17, 15) is 13.6 Å². The Bertz CT molecular complexity index is 696. The third kappa shape index (κ3) is 2.96. The number of carbonyl (C=O) groups is 1. The summed E-state index contributed by atoms with van der Waals surface area (Å²) in [6.07, 6.45) is 0.346. The zero-order valence-electron chi connectivity index (χ0n) is 12.5. The van der Waals surface area contributed by atoms with E-state index in [1.165, 1.54) is 0 Å². The predicted octanol–water partition coefficient (Wildman–Crippen LogP) is 2.76. The van der Waals surface area contributed by atoms with Crippen LogP contribution in [0.15, 0.2) is 24.3 Å². The van der Waals surface area contributed by atoms with Crippen molar-refractivity contribution < 1.29 is 13.6 Å². The van der Waals surface area contributed by atoms with Crippen molar-refractivity contribution in [3.05, 3.63) is 30.1 Å². The molecule has 2 aromatic rings. The second-order valence-electron chi connectivity index (χ2n) is 5.73. The van der Waals surface area contributed by atoms with Gasteiger partial charge >= 0.3 is 0 Å². The summed E-state index contributed by atoms with van der Waals surface area (Å²) in [6.45, 7) is 3.27. The third-order valence-electron chi connectivity index (χ3n) is 4.11. The SMILES string of the molecule is CCn1c(CCNC(=O)C[C@@H]2CC2(F)F)nc2ccccc21.